The quantitative estimate of drug-likeness (QED) is 0.334. The highest BCUT2D eigenvalue weighted by Crippen LogP contribution is 1.84. The van der Waals surface area contributed by atoms with Crippen molar-refractivity contribution in [2.45, 2.75) is 13.0 Å². The van der Waals surface area contributed by atoms with Crippen LogP contribution < -0.4 is 10.6 Å². The van der Waals surface area contributed by atoms with Crippen molar-refractivity contribution in [3.63, 3.8) is 0 Å². The standard InChI is InChI=1S/C9H14N2O3/c1-4-5-10-6-8(12)11-7(2)9(13)14-3/h1,7,10H,5-6H2,2-3H3,(H,11,12)/t7-/m0/s1. The van der Waals surface area contributed by atoms with Gasteiger partial charge in [0.2, 0.25) is 5.91 Å². The molecule has 0 heterocycles. The van der Waals surface area contributed by atoms with Crippen LogP contribution in [0.4, 0.5) is 0 Å². The first-order chi connectivity index (χ1) is 6.61. The second kappa shape index (κ2) is 6.92. The predicted octanol–water partition coefficient (Wildman–Crippen LogP) is -1.11. The maximum Gasteiger partial charge on any atom is 0.328 e. The molecular weight excluding hydrogens is 184 g/mol. The Labute approximate surface area is 83.2 Å². The van der Waals surface area contributed by atoms with Crippen LogP contribution in [0, 0.1) is 12.3 Å². The highest BCUT2D eigenvalue weighted by atomic mass is 16.5. The van der Waals surface area contributed by atoms with Crippen LogP contribution in [0.1, 0.15) is 6.92 Å². The molecular formula is C9H14N2O3. The minimum Gasteiger partial charge on any atom is -0.467 e. The van der Waals surface area contributed by atoms with E-state index in [1.165, 1.54) is 7.11 Å². The van der Waals surface area contributed by atoms with Crippen LogP contribution in [0.25, 0.3) is 0 Å². The summed E-state index contributed by atoms with van der Waals surface area (Å²) in [6.07, 6.45) is 4.97. The molecule has 0 aliphatic heterocycles. The molecule has 0 unspecified atom stereocenters. The molecule has 0 saturated heterocycles. The second-order valence-corrected chi connectivity index (χ2v) is 2.62. The topological polar surface area (TPSA) is 67.4 Å². The van der Waals surface area contributed by atoms with Gasteiger partial charge in [-0.15, -0.1) is 6.42 Å². The van der Waals surface area contributed by atoms with Gasteiger partial charge in [0.25, 0.3) is 0 Å². The third-order valence-electron chi connectivity index (χ3n) is 1.44. The third kappa shape index (κ3) is 5.17. The van der Waals surface area contributed by atoms with Crippen LogP contribution in [-0.4, -0.2) is 38.1 Å². The van der Waals surface area contributed by atoms with E-state index in [0.717, 1.165) is 0 Å². The summed E-state index contributed by atoms with van der Waals surface area (Å²) >= 11 is 0. The van der Waals surface area contributed by atoms with Crippen LogP contribution in [0.3, 0.4) is 0 Å². The molecule has 1 amide bonds. The normalized spacial score (nSPS) is 11.2. The van der Waals surface area contributed by atoms with E-state index in [2.05, 4.69) is 21.3 Å². The zero-order valence-corrected chi connectivity index (χ0v) is 8.29. The van der Waals surface area contributed by atoms with E-state index in [1.807, 2.05) is 0 Å². The molecule has 14 heavy (non-hydrogen) atoms. The fraction of sp³-hybridized carbons (Fsp3) is 0.556. The monoisotopic (exact) mass is 198 g/mol. The lowest BCUT2D eigenvalue weighted by Gasteiger charge is -2.11. The lowest BCUT2D eigenvalue weighted by atomic mass is 10.3. The summed E-state index contributed by atoms with van der Waals surface area (Å²) in [6.45, 7) is 1.95. The van der Waals surface area contributed by atoms with E-state index < -0.39 is 12.0 Å². The molecule has 78 valence electrons. The molecule has 0 aromatic rings. The number of carbonyl (C=O) groups is 2. The van der Waals surface area contributed by atoms with E-state index >= 15 is 0 Å². The Balaban J connectivity index is 3.72. The molecule has 0 aliphatic carbocycles. The van der Waals surface area contributed by atoms with Crippen LogP contribution in [0.2, 0.25) is 0 Å². The van der Waals surface area contributed by atoms with Crippen LogP contribution >= 0.6 is 0 Å². The largest absolute Gasteiger partial charge is 0.467 e. The lowest BCUT2D eigenvalue weighted by molar-refractivity contribution is -0.144. The van der Waals surface area contributed by atoms with Crippen molar-refractivity contribution in [2.24, 2.45) is 0 Å². The molecule has 1 atom stereocenters. The highest BCUT2D eigenvalue weighted by molar-refractivity contribution is 5.85. The number of terminal acetylenes is 1. The zero-order valence-electron chi connectivity index (χ0n) is 8.29. The molecule has 0 aromatic carbocycles. The number of nitrogens with one attached hydrogen (secondary N) is 2. The molecule has 0 fully saturated rings. The van der Waals surface area contributed by atoms with Crippen molar-refractivity contribution in [3.8, 4) is 12.3 Å². The summed E-state index contributed by atoms with van der Waals surface area (Å²) in [5.41, 5.74) is 0. The maximum absolute atomic E-state index is 11.1. The van der Waals surface area contributed by atoms with Gasteiger partial charge in [-0.2, -0.15) is 0 Å². The molecule has 0 bridgehead atoms. The molecule has 0 rings (SSSR count). The molecule has 0 radical (unpaired) electrons. The Morgan fingerprint density at radius 1 is 1.57 bits per heavy atom. The fourth-order valence-electron chi connectivity index (χ4n) is 0.776. The van der Waals surface area contributed by atoms with Crippen molar-refractivity contribution < 1.29 is 14.3 Å². The summed E-state index contributed by atoms with van der Waals surface area (Å²) in [5.74, 6) is 1.56. The summed E-state index contributed by atoms with van der Waals surface area (Å²) in [6, 6.07) is -0.639. The van der Waals surface area contributed by atoms with Crippen molar-refractivity contribution >= 4 is 11.9 Å². The molecule has 2 N–H and O–H groups in total. The maximum atomic E-state index is 11.1. The number of rotatable bonds is 5. The van der Waals surface area contributed by atoms with Gasteiger partial charge in [0.05, 0.1) is 20.2 Å². The van der Waals surface area contributed by atoms with E-state index in [4.69, 9.17) is 6.42 Å². The van der Waals surface area contributed by atoms with Crippen LogP contribution in [0.5, 0.6) is 0 Å². The minimum atomic E-state index is -0.639. The Kier molecular flexibility index (Phi) is 6.16. The lowest BCUT2D eigenvalue weighted by Crippen LogP contribution is -2.43. The van der Waals surface area contributed by atoms with Gasteiger partial charge in [-0.25, -0.2) is 4.79 Å². The van der Waals surface area contributed by atoms with Gasteiger partial charge in [0, 0.05) is 0 Å². The molecule has 5 nitrogen and oxygen atoms in total. The van der Waals surface area contributed by atoms with E-state index in [1.54, 1.807) is 6.92 Å². The Bertz CT molecular complexity index is 245. The van der Waals surface area contributed by atoms with Gasteiger partial charge in [-0.05, 0) is 6.92 Å². The van der Waals surface area contributed by atoms with Gasteiger partial charge in [-0.3, -0.25) is 10.1 Å². The van der Waals surface area contributed by atoms with Crippen molar-refractivity contribution in [1.29, 1.82) is 0 Å². The number of ether oxygens (including phenoxy) is 1. The number of methoxy groups -OCH3 is 1. The summed E-state index contributed by atoms with van der Waals surface area (Å²) in [7, 11) is 1.27. The van der Waals surface area contributed by atoms with Crippen LogP contribution in [0.15, 0.2) is 0 Å². The van der Waals surface area contributed by atoms with Crippen molar-refractivity contribution in [2.75, 3.05) is 20.2 Å². The smallest absolute Gasteiger partial charge is 0.328 e. The van der Waals surface area contributed by atoms with Gasteiger partial charge in [0.15, 0.2) is 0 Å². The summed E-state index contributed by atoms with van der Waals surface area (Å²) in [4.78, 5) is 22.0. The SMILES string of the molecule is C#CCNCC(=O)N[C@@H](C)C(=O)OC. The van der Waals surface area contributed by atoms with Crippen molar-refractivity contribution in [3.05, 3.63) is 0 Å². The molecule has 0 aliphatic rings. The molecule has 0 spiro atoms. The number of carbonyl (C=O) groups excluding carboxylic acids is 2. The summed E-state index contributed by atoms with van der Waals surface area (Å²) in [5, 5.41) is 5.14. The first-order valence-electron chi connectivity index (χ1n) is 4.13. The average molecular weight is 198 g/mol. The van der Waals surface area contributed by atoms with Gasteiger partial charge < -0.3 is 10.1 Å². The Morgan fingerprint density at radius 2 is 2.21 bits per heavy atom. The fourth-order valence-corrected chi connectivity index (χ4v) is 0.776. The third-order valence-corrected chi connectivity index (χ3v) is 1.44. The number of hydrogen-bond donors (Lipinski definition) is 2. The number of amides is 1. The van der Waals surface area contributed by atoms with Crippen molar-refractivity contribution in [1.82, 2.24) is 10.6 Å². The second-order valence-electron chi connectivity index (χ2n) is 2.62. The minimum absolute atomic E-state index is 0.0888. The van der Waals surface area contributed by atoms with E-state index in [-0.39, 0.29) is 12.5 Å². The molecule has 5 heteroatoms. The Morgan fingerprint density at radius 3 is 2.71 bits per heavy atom. The Hall–Kier alpha value is -1.54. The first-order valence-corrected chi connectivity index (χ1v) is 4.13. The average Bonchev–Trinajstić information content (AvgIpc) is 2.16. The highest BCUT2D eigenvalue weighted by Gasteiger charge is 2.14. The molecule has 0 aromatic heterocycles. The molecule has 0 saturated carbocycles. The van der Waals surface area contributed by atoms with Gasteiger partial charge in [-0.1, -0.05) is 5.92 Å². The zero-order chi connectivity index (χ0) is 11.0. The van der Waals surface area contributed by atoms with Gasteiger partial charge in [0.1, 0.15) is 6.04 Å². The van der Waals surface area contributed by atoms with E-state index in [0.29, 0.717) is 6.54 Å². The first kappa shape index (κ1) is 12.5. The van der Waals surface area contributed by atoms with Gasteiger partial charge >= 0.3 is 5.97 Å². The number of hydrogen-bond acceptors (Lipinski definition) is 4. The number of esters is 1. The van der Waals surface area contributed by atoms with Crippen LogP contribution in [-0.2, 0) is 14.3 Å². The van der Waals surface area contributed by atoms with E-state index in [9.17, 15) is 9.59 Å². The summed E-state index contributed by atoms with van der Waals surface area (Å²) < 4.78 is 4.43. The predicted molar refractivity (Wildman–Crippen MR) is 51.3 cm³/mol.